The molecule has 0 saturated heterocycles. The lowest BCUT2D eigenvalue weighted by Gasteiger charge is -1.99. The van der Waals surface area contributed by atoms with Crippen molar-refractivity contribution < 1.29 is 4.42 Å². The van der Waals surface area contributed by atoms with Gasteiger partial charge in [0.2, 0.25) is 5.89 Å². The van der Waals surface area contributed by atoms with E-state index in [1.165, 1.54) is 0 Å². The number of rotatable bonds is 1. The Morgan fingerprint density at radius 1 is 1.11 bits per heavy atom. The van der Waals surface area contributed by atoms with Crippen molar-refractivity contribution in [1.29, 1.82) is 0 Å². The molecule has 0 saturated carbocycles. The van der Waals surface area contributed by atoms with Crippen LogP contribution in [0.3, 0.4) is 0 Å². The molecular formula is C13H7BrCl2N2O. The van der Waals surface area contributed by atoms with E-state index in [0.717, 1.165) is 10.0 Å². The van der Waals surface area contributed by atoms with Crippen molar-refractivity contribution in [3.63, 3.8) is 0 Å². The minimum Gasteiger partial charge on any atom is -0.436 e. The number of hydrogen-bond acceptors (Lipinski definition) is 3. The maximum Gasteiger partial charge on any atom is 0.228 e. The second-order valence-electron chi connectivity index (χ2n) is 3.98. The van der Waals surface area contributed by atoms with E-state index in [0.29, 0.717) is 32.7 Å². The number of benzene rings is 2. The van der Waals surface area contributed by atoms with E-state index in [1.54, 1.807) is 18.2 Å². The Balaban J connectivity index is 2.20. The van der Waals surface area contributed by atoms with Crippen LogP contribution in [0.4, 0.5) is 5.69 Å². The highest BCUT2D eigenvalue weighted by atomic mass is 79.9. The largest absolute Gasteiger partial charge is 0.436 e. The molecule has 0 fully saturated rings. The van der Waals surface area contributed by atoms with Gasteiger partial charge in [0.15, 0.2) is 5.58 Å². The maximum absolute atomic E-state index is 6.17. The molecule has 3 aromatic rings. The normalized spacial score (nSPS) is 11.1. The number of fused-ring (bicyclic) bond motifs is 1. The van der Waals surface area contributed by atoms with E-state index in [1.807, 2.05) is 12.1 Å². The monoisotopic (exact) mass is 356 g/mol. The predicted molar refractivity (Wildman–Crippen MR) is 81.6 cm³/mol. The van der Waals surface area contributed by atoms with Gasteiger partial charge in [-0.2, -0.15) is 0 Å². The minimum atomic E-state index is 0.439. The summed E-state index contributed by atoms with van der Waals surface area (Å²) < 4.78 is 6.55. The zero-order valence-electron chi connectivity index (χ0n) is 9.45. The Morgan fingerprint density at radius 3 is 2.63 bits per heavy atom. The number of anilines is 1. The van der Waals surface area contributed by atoms with Gasteiger partial charge in [0.05, 0.1) is 21.3 Å². The molecule has 3 rings (SSSR count). The summed E-state index contributed by atoms with van der Waals surface area (Å²) in [6.45, 7) is 0. The van der Waals surface area contributed by atoms with Gasteiger partial charge in [-0.3, -0.25) is 0 Å². The van der Waals surface area contributed by atoms with Crippen LogP contribution < -0.4 is 5.73 Å². The van der Waals surface area contributed by atoms with Crippen LogP contribution in [0.25, 0.3) is 22.6 Å². The maximum atomic E-state index is 6.17. The molecule has 0 radical (unpaired) electrons. The smallest absolute Gasteiger partial charge is 0.228 e. The van der Waals surface area contributed by atoms with Gasteiger partial charge in [-0.05, 0) is 24.3 Å². The quantitative estimate of drug-likeness (QED) is 0.613. The van der Waals surface area contributed by atoms with Crippen molar-refractivity contribution in [2.75, 3.05) is 5.73 Å². The van der Waals surface area contributed by atoms with E-state index < -0.39 is 0 Å². The Kier molecular flexibility index (Phi) is 3.17. The summed E-state index contributed by atoms with van der Waals surface area (Å²) in [5, 5.41) is 1.01. The molecule has 0 atom stereocenters. The SMILES string of the molecule is Nc1cc2oc(-c3ccc(Br)cc3Cl)nc2cc1Cl. The first-order valence-electron chi connectivity index (χ1n) is 5.35. The summed E-state index contributed by atoms with van der Waals surface area (Å²) in [5.74, 6) is 0.439. The second-order valence-corrected chi connectivity index (χ2v) is 5.71. The highest BCUT2D eigenvalue weighted by Crippen LogP contribution is 2.33. The van der Waals surface area contributed by atoms with Crippen LogP contribution in [0.5, 0.6) is 0 Å². The van der Waals surface area contributed by atoms with Crippen molar-refractivity contribution in [2.24, 2.45) is 0 Å². The first-order chi connectivity index (χ1) is 9.04. The third kappa shape index (κ3) is 2.31. The average Bonchev–Trinajstić information content (AvgIpc) is 2.72. The van der Waals surface area contributed by atoms with Crippen LogP contribution in [0.2, 0.25) is 10.0 Å². The standard InChI is InChI=1S/C13H7BrCl2N2O/c14-6-1-2-7(8(15)3-6)13-18-11-4-9(16)10(17)5-12(11)19-13/h1-5H,17H2. The summed E-state index contributed by atoms with van der Waals surface area (Å²) in [5.41, 5.74) is 8.13. The first-order valence-corrected chi connectivity index (χ1v) is 6.90. The van der Waals surface area contributed by atoms with Crippen molar-refractivity contribution >= 4 is 55.9 Å². The number of nitrogens with zero attached hydrogens (tertiary/aromatic N) is 1. The molecule has 1 heterocycles. The molecule has 2 N–H and O–H groups in total. The molecule has 0 bridgehead atoms. The van der Waals surface area contributed by atoms with E-state index in [4.69, 9.17) is 33.4 Å². The lowest BCUT2D eigenvalue weighted by molar-refractivity contribution is 0.620. The molecule has 96 valence electrons. The van der Waals surface area contributed by atoms with Crippen LogP contribution in [0, 0.1) is 0 Å². The number of hydrogen-bond donors (Lipinski definition) is 1. The van der Waals surface area contributed by atoms with Crippen molar-refractivity contribution in [3.8, 4) is 11.5 Å². The zero-order valence-corrected chi connectivity index (χ0v) is 12.6. The third-order valence-corrected chi connectivity index (χ3v) is 3.80. The second kappa shape index (κ2) is 4.71. The number of aromatic nitrogens is 1. The van der Waals surface area contributed by atoms with Gasteiger partial charge in [-0.25, -0.2) is 4.98 Å². The van der Waals surface area contributed by atoms with Crippen LogP contribution in [-0.4, -0.2) is 4.98 Å². The first kappa shape index (κ1) is 12.8. The lowest BCUT2D eigenvalue weighted by atomic mass is 10.2. The van der Waals surface area contributed by atoms with E-state index >= 15 is 0 Å². The summed E-state index contributed by atoms with van der Waals surface area (Å²) in [6.07, 6.45) is 0. The molecule has 0 unspecified atom stereocenters. The Bertz CT molecular complexity index is 747. The summed E-state index contributed by atoms with van der Waals surface area (Å²) >= 11 is 15.5. The number of nitrogens with two attached hydrogens (primary N) is 1. The fraction of sp³-hybridized carbons (Fsp3) is 0. The fourth-order valence-corrected chi connectivity index (χ4v) is 2.65. The molecular weight excluding hydrogens is 351 g/mol. The van der Waals surface area contributed by atoms with Gasteiger partial charge in [0, 0.05) is 10.5 Å². The zero-order chi connectivity index (χ0) is 13.6. The van der Waals surface area contributed by atoms with Crippen molar-refractivity contribution in [3.05, 3.63) is 44.8 Å². The molecule has 0 aliphatic rings. The van der Waals surface area contributed by atoms with Gasteiger partial charge >= 0.3 is 0 Å². The fourth-order valence-electron chi connectivity index (χ4n) is 1.74. The van der Waals surface area contributed by atoms with E-state index in [-0.39, 0.29) is 0 Å². The van der Waals surface area contributed by atoms with Gasteiger partial charge in [-0.1, -0.05) is 39.1 Å². The average molecular weight is 358 g/mol. The molecule has 0 aliphatic carbocycles. The van der Waals surface area contributed by atoms with Crippen LogP contribution in [0.1, 0.15) is 0 Å². The molecule has 2 aromatic carbocycles. The molecule has 6 heteroatoms. The summed E-state index contributed by atoms with van der Waals surface area (Å²) in [6, 6.07) is 8.82. The topological polar surface area (TPSA) is 52.0 Å². The molecule has 3 nitrogen and oxygen atoms in total. The van der Waals surface area contributed by atoms with Crippen molar-refractivity contribution in [1.82, 2.24) is 4.98 Å². The number of halogens is 3. The van der Waals surface area contributed by atoms with E-state index in [9.17, 15) is 0 Å². The Labute approximate surface area is 127 Å². The minimum absolute atomic E-state index is 0.439. The number of oxazole rings is 1. The summed E-state index contributed by atoms with van der Waals surface area (Å²) in [7, 11) is 0. The molecule has 0 amide bonds. The van der Waals surface area contributed by atoms with Gasteiger partial charge in [0.25, 0.3) is 0 Å². The van der Waals surface area contributed by atoms with Gasteiger partial charge in [-0.15, -0.1) is 0 Å². The highest BCUT2D eigenvalue weighted by Gasteiger charge is 2.13. The van der Waals surface area contributed by atoms with Crippen LogP contribution in [-0.2, 0) is 0 Å². The lowest BCUT2D eigenvalue weighted by Crippen LogP contribution is -1.84. The molecule has 0 aliphatic heterocycles. The van der Waals surface area contributed by atoms with Crippen LogP contribution >= 0.6 is 39.1 Å². The molecule has 0 spiro atoms. The van der Waals surface area contributed by atoms with Gasteiger partial charge in [0.1, 0.15) is 5.52 Å². The number of nitrogen functional groups attached to an aromatic ring is 1. The summed E-state index contributed by atoms with van der Waals surface area (Å²) in [4.78, 5) is 4.37. The van der Waals surface area contributed by atoms with Crippen LogP contribution in [0.15, 0.2) is 39.2 Å². The molecule has 19 heavy (non-hydrogen) atoms. The van der Waals surface area contributed by atoms with Gasteiger partial charge < -0.3 is 10.2 Å². The van der Waals surface area contributed by atoms with E-state index in [2.05, 4.69) is 20.9 Å². The third-order valence-electron chi connectivity index (χ3n) is 2.67. The van der Waals surface area contributed by atoms with Crippen molar-refractivity contribution in [2.45, 2.75) is 0 Å². The molecule has 1 aromatic heterocycles. The highest BCUT2D eigenvalue weighted by molar-refractivity contribution is 9.10. The Hall–Kier alpha value is -1.23. The Morgan fingerprint density at radius 2 is 1.89 bits per heavy atom. The predicted octanol–water partition coefficient (Wildman–Crippen LogP) is 5.15.